The van der Waals surface area contributed by atoms with Gasteiger partial charge in [0.1, 0.15) is 18.8 Å². The monoisotopic (exact) mass is 414 g/mol. The summed E-state index contributed by atoms with van der Waals surface area (Å²) >= 11 is 7.59. The third-order valence-electron chi connectivity index (χ3n) is 4.83. The average Bonchev–Trinajstić information content (AvgIpc) is 3.10. The van der Waals surface area contributed by atoms with Gasteiger partial charge in [0, 0.05) is 17.0 Å². The number of hydrogen-bond acceptors (Lipinski definition) is 4. The zero-order valence-electron chi connectivity index (χ0n) is 15.5. The topological polar surface area (TPSA) is 55.7 Å². The Balaban J connectivity index is 1.46. The van der Waals surface area contributed by atoms with E-state index in [1.807, 2.05) is 6.07 Å². The number of halogens is 1. The number of ether oxygens (including phenoxy) is 1. The molecule has 0 fully saturated rings. The van der Waals surface area contributed by atoms with Crippen molar-refractivity contribution < 1.29 is 14.4 Å². The van der Waals surface area contributed by atoms with E-state index in [2.05, 4.69) is 34.6 Å². The fourth-order valence-corrected chi connectivity index (χ4v) is 4.69. The lowest BCUT2D eigenvalue weighted by Gasteiger charge is -2.22. The molecule has 4 rings (SSSR count). The lowest BCUT2D eigenvalue weighted by molar-refractivity contribution is -0.929. The van der Waals surface area contributed by atoms with Gasteiger partial charge in [0.2, 0.25) is 0 Å². The maximum atomic E-state index is 12.7. The number of carbonyl (C=O) groups excluding carboxylic acids is 1. The van der Waals surface area contributed by atoms with Crippen molar-refractivity contribution in [1.82, 2.24) is 4.98 Å². The van der Waals surface area contributed by atoms with E-state index in [9.17, 15) is 4.79 Å². The molecule has 1 aliphatic rings. The number of thiazole rings is 1. The Labute approximate surface area is 172 Å². The van der Waals surface area contributed by atoms with E-state index in [1.54, 1.807) is 29.5 Å². The van der Waals surface area contributed by atoms with Gasteiger partial charge in [0.25, 0.3) is 5.91 Å². The molecular weight excluding hydrogens is 394 g/mol. The minimum atomic E-state index is -0.265. The van der Waals surface area contributed by atoms with Crippen LogP contribution in [-0.2, 0) is 19.5 Å². The number of anilines is 1. The molecule has 2 aromatic carbocycles. The molecule has 0 aliphatic carbocycles. The molecular formula is C21H21ClN3O2S+. The summed E-state index contributed by atoms with van der Waals surface area (Å²) in [4.78, 5) is 20.1. The molecule has 3 aromatic rings. The van der Waals surface area contributed by atoms with Crippen LogP contribution in [0.15, 0.2) is 48.5 Å². The van der Waals surface area contributed by atoms with Gasteiger partial charge in [0.15, 0.2) is 5.13 Å². The summed E-state index contributed by atoms with van der Waals surface area (Å²) in [5, 5.41) is 4.02. The molecule has 0 radical (unpaired) electrons. The summed E-state index contributed by atoms with van der Waals surface area (Å²) in [7, 11) is 1.53. The smallest absolute Gasteiger partial charge is 0.261 e. The zero-order chi connectivity index (χ0) is 19.5. The first kappa shape index (κ1) is 18.9. The molecule has 2 N–H and O–H groups in total. The van der Waals surface area contributed by atoms with E-state index >= 15 is 0 Å². The van der Waals surface area contributed by atoms with Gasteiger partial charge >= 0.3 is 0 Å². The Morgan fingerprint density at radius 2 is 2.11 bits per heavy atom. The first-order chi connectivity index (χ1) is 13.6. The van der Waals surface area contributed by atoms with Crippen LogP contribution in [0.25, 0.3) is 0 Å². The molecule has 0 bridgehead atoms. The average molecular weight is 415 g/mol. The highest BCUT2D eigenvalue weighted by molar-refractivity contribution is 7.15. The second-order valence-corrected chi connectivity index (χ2v) is 8.30. The molecule has 1 amide bonds. The predicted molar refractivity (Wildman–Crippen MR) is 111 cm³/mol. The number of carbonyl (C=O) groups is 1. The van der Waals surface area contributed by atoms with Crippen molar-refractivity contribution in [2.75, 3.05) is 19.0 Å². The number of methoxy groups -OCH3 is 1. The largest absolute Gasteiger partial charge is 0.496 e. The van der Waals surface area contributed by atoms with Gasteiger partial charge in [-0.1, -0.05) is 53.3 Å². The Bertz CT molecular complexity index is 991. The molecule has 2 heterocycles. The third-order valence-corrected chi connectivity index (χ3v) is 6.08. The van der Waals surface area contributed by atoms with Crippen LogP contribution in [-0.4, -0.2) is 24.5 Å². The minimum Gasteiger partial charge on any atom is -0.496 e. The Morgan fingerprint density at radius 3 is 2.89 bits per heavy atom. The van der Waals surface area contributed by atoms with Gasteiger partial charge < -0.3 is 9.64 Å². The normalized spacial score (nSPS) is 15.7. The molecule has 1 aliphatic heterocycles. The van der Waals surface area contributed by atoms with E-state index in [4.69, 9.17) is 16.3 Å². The van der Waals surface area contributed by atoms with Crippen LogP contribution in [0.2, 0.25) is 5.02 Å². The molecule has 0 saturated carbocycles. The highest BCUT2D eigenvalue weighted by Crippen LogP contribution is 2.27. The fraction of sp³-hybridized carbons (Fsp3) is 0.238. The van der Waals surface area contributed by atoms with Gasteiger partial charge in [-0.05, 0) is 18.2 Å². The van der Waals surface area contributed by atoms with Crippen molar-refractivity contribution in [2.24, 2.45) is 0 Å². The lowest BCUT2D eigenvalue weighted by atomic mass is 10.1. The number of hydrogen-bond donors (Lipinski definition) is 2. The van der Waals surface area contributed by atoms with Crippen LogP contribution in [0, 0.1) is 0 Å². The van der Waals surface area contributed by atoms with Crippen LogP contribution in [0.4, 0.5) is 5.13 Å². The summed E-state index contributed by atoms with van der Waals surface area (Å²) in [5.41, 5.74) is 2.83. The first-order valence-electron chi connectivity index (χ1n) is 9.13. The summed E-state index contributed by atoms with van der Waals surface area (Å²) in [6.45, 7) is 2.97. The Morgan fingerprint density at radius 1 is 1.29 bits per heavy atom. The molecule has 1 atom stereocenters. The Kier molecular flexibility index (Phi) is 5.62. The maximum Gasteiger partial charge on any atom is 0.261 e. The second kappa shape index (κ2) is 8.31. The third kappa shape index (κ3) is 4.19. The number of quaternary nitrogens is 1. The van der Waals surface area contributed by atoms with Crippen LogP contribution < -0.4 is 15.0 Å². The van der Waals surface area contributed by atoms with Gasteiger partial charge in [-0.15, -0.1) is 0 Å². The highest BCUT2D eigenvalue weighted by Gasteiger charge is 2.25. The summed E-state index contributed by atoms with van der Waals surface area (Å²) in [5.74, 6) is 0.223. The quantitative estimate of drug-likeness (QED) is 0.674. The minimum absolute atomic E-state index is 0.265. The molecule has 7 heteroatoms. The van der Waals surface area contributed by atoms with Gasteiger partial charge in [0.05, 0.1) is 29.8 Å². The molecule has 0 saturated heterocycles. The molecule has 1 aromatic heterocycles. The Hall–Kier alpha value is -2.41. The van der Waals surface area contributed by atoms with Crippen molar-refractivity contribution in [3.63, 3.8) is 0 Å². The number of aromatic nitrogens is 1. The van der Waals surface area contributed by atoms with E-state index in [1.165, 1.54) is 22.5 Å². The van der Waals surface area contributed by atoms with Gasteiger partial charge in [-0.2, -0.15) is 0 Å². The first-order valence-corrected chi connectivity index (χ1v) is 10.3. The van der Waals surface area contributed by atoms with Crippen molar-refractivity contribution in [3.05, 3.63) is 75.3 Å². The SMILES string of the molecule is COc1ccc(Cl)cc1C(=O)Nc1nc2c(s1)C[NH+](Cc1ccccc1)CC2. The number of amides is 1. The van der Waals surface area contributed by atoms with Crippen molar-refractivity contribution in [2.45, 2.75) is 19.5 Å². The number of nitrogens with one attached hydrogen (secondary N) is 2. The number of nitrogens with zero attached hydrogens (tertiary/aromatic N) is 1. The molecule has 1 unspecified atom stereocenters. The van der Waals surface area contributed by atoms with Gasteiger partial charge in [-0.25, -0.2) is 4.98 Å². The lowest BCUT2D eigenvalue weighted by Crippen LogP contribution is -3.10. The summed E-state index contributed by atoms with van der Waals surface area (Å²) in [6, 6.07) is 15.5. The zero-order valence-corrected chi connectivity index (χ0v) is 17.1. The van der Waals surface area contributed by atoms with Gasteiger partial charge in [-0.3, -0.25) is 10.1 Å². The second-order valence-electron chi connectivity index (χ2n) is 6.78. The molecule has 0 spiro atoms. The van der Waals surface area contributed by atoms with E-state index < -0.39 is 0 Å². The highest BCUT2D eigenvalue weighted by atomic mass is 35.5. The number of benzene rings is 2. The molecule has 144 valence electrons. The van der Waals surface area contributed by atoms with Crippen LogP contribution in [0.1, 0.15) is 26.5 Å². The standard InChI is InChI=1S/C21H20ClN3O2S/c1-27-18-8-7-15(22)11-16(18)20(26)24-21-23-17-9-10-25(13-19(17)28-21)12-14-5-3-2-4-6-14/h2-8,11H,9-10,12-13H2,1H3,(H,23,24,26)/p+1. The maximum absolute atomic E-state index is 12.7. The van der Waals surface area contributed by atoms with Crippen LogP contribution >= 0.6 is 22.9 Å². The van der Waals surface area contributed by atoms with Crippen LogP contribution in [0.3, 0.4) is 0 Å². The van der Waals surface area contributed by atoms with E-state index in [0.29, 0.717) is 21.5 Å². The fourth-order valence-electron chi connectivity index (χ4n) is 3.44. The van der Waals surface area contributed by atoms with Crippen molar-refractivity contribution in [1.29, 1.82) is 0 Å². The summed E-state index contributed by atoms with van der Waals surface area (Å²) in [6.07, 6.45) is 0.921. The summed E-state index contributed by atoms with van der Waals surface area (Å²) < 4.78 is 5.27. The van der Waals surface area contributed by atoms with Crippen LogP contribution in [0.5, 0.6) is 5.75 Å². The molecule has 5 nitrogen and oxygen atoms in total. The van der Waals surface area contributed by atoms with E-state index in [-0.39, 0.29) is 5.91 Å². The number of fused-ring (bicyclic) bond motifs is 1. The number of rotatable bonds is 5. The predicted octanol–water partition coefficient (Wildman–Crippen LogP) is 3.20. The molecule has 28 heavy (non-hydrogen) atoms. The van der Waals surface area contributed by atoms with E-state index in [0.717, 1.165) is 31.7 Å². The van der Waals surface area contributed by atoms with Crippen molar-refractivity contribution in [3.8, 4) is 5.75 Å². The van der Waals surface area contributed by atoms with Crippen molar-refractivity contribution >= 4 is 34.0 Å².